The molecular weight excluding hydrogens is 282 g/mol. The van der Waals surface area contributed by atoms with Gasteiger partial charge in [-0.05, 0) is 5.92 Å². The summed E-state index contributed by atoms with van der Waals surface area (Å²) in [5.41, 5.74) is 0.608. The van der Waals surface area contributed by atoms with Crippen LogP contribution in [0.4, 0.5) is 0 Å². The van der Waals surface area contributed by atoms with E-state index in [-0.39, 0.29) is 5.91 Å². The van der Waals surface area contributed by atoms with Crippen molar-refractivity contribution >= 4 is 21.8 Å². The molecule has 0 saturated heterocycles. The van der Waals surface area contributed by atoms with E-state index in [9.17, 15) is 4.79 Å². The van der Waals surface area contributed by atoms with Crippen LogP contribution in [0, 0.1) is 5.92 Å². The van der Waals surface area contributed by atoms with Crippen LogP contribution in [-0.2, 0) is 7.05 Å². The van der Waals surface area contributed by atoms with Gasteiger partial charge in [-0.3, -0.25) is 9.48 Å². The van der Waals surface area contributed by atoms with Gasteiger partial charge >= 0.3 is 0 Å². The molecule has 1 unspecified atom stereocenters. The molecule has 96 valence electrons. The number of hydrogen-bond acceptors (Lipinski definition) is 2. The highest BCUT2D eigenvalue weighted by Crippen LogP contribution is 2.19. The third-order valence-corrected chi connectivity index (χ3v) is 4.06. The number of nitrogens with zero attached hydrogens (tertiary/aromatic N) is 2. The minimum atomic E-state index is -0.0616. The van der Waals surface area contributed by atoms with Crippen molar-refractivity contribution in [2.24, 2.45) is 13.0 Å². The summed E-state index contributed by atoms with van der Waals surface area (Å²) >= 11 is 3.64. The minimum absolute atomic E-state index is 0.0616. The van der Waals surface area contributed by atoms with Crippen molar-refractivity contribution in [3.63, 3.8) is 0 Å². The van der Waals surface area contributed by atoms with Gasteiger partial charge in [-0.2, -0.15) is 5.10 Å². The van der Waals surface area contributed by atoms with Gasteiger partial charge in [-0.1, -0.05) is 42.6 Å². The van der Waals surface area contributed by atoms with Crippen LogP contribution in [0.5, 0.6) is 0 Å². The molecule has 1 atom stereocenters. The lowest BCUT2D eigenvalue weighted by molar-refractivity contribution is 0.0952. The Balaban J connectivity index is 2.43. The maximum absolute atomic E-state index is 11.8. The van der Waals surface area contributed by atoms with E-state index in [4.69, 9.17) is 0 Å². The van der Waals surface area contributed by atoms with Gasteiger partial charge in [0.05, 0.1) is 11.8 Å². The summed E-state index contributed by atoms with van der Waals surface area (Å²) in [5.74, 6) is 0.540. The maximum Gasteiger partial charge on any atom is 0.254 e. The van der Waals surface area contributed by atoms with Gasteiger partial charge in [0.25, 0.3) is 5.91 Å². The summed E-state index contributed by atoms with van der Waals surface area (Å²) < 4.78 is 1.63. The number of rotatable bonds is 6. The Hall–Kier alpha value is -0.840. The van der Waals surface area contributed by atoms with E-state index in [0.717, 1.165) is 12.8 Å². The average molecular weight is 302 g/mol. The van der Waals surface area contributed by atoms with E-state index < -0.39 is 0 Å². The standard InChI is InChI=1S/C12H20BrN3O/c1-4-9(5-2)11(13)7-14-12(17)10-6-15-16(3)8-10/h6,8-9,11H,4-5,7H2,1-3H3,(H,14,17). The second kappa shape index (κ2) is 6.79. The van der Waals surface area contributed by atoms with Gasteiger partial charge in [0.15, 0.2) is 0 Å². The molecular formula is C12H20BrN3O. The van der Waals surface area contributed by atoms with Crippen molar-refractivity contribution in [3.8, 4) is 0 Å². The topological polar surface area (TPSA) is 46.9 Å². The molecule has 5 heteroatoms. The molecule has 4 nitrogen and oxygen atoms in total. The second-order valence-corrected chi connectivity index (χ2v) is 5.38. The lowest BCUT2D eigenvalue weighted by Gasteiger charge is -2.19. The third-order valence-electron chi connectivity index (χ3n) is 2.98. The molecule has 1 rings (SSSR count). The predicted molar refractivity (Wildman–Crippen MR) is 72.3 cm³/mol. The van der Waals surface area contributed by atoms with Crippen molar-refractivity contribution in [2.45, 2.75) is 31.5 Å². The van der Waals surface area contributed by atoms with E-state index in [1.165, 1.54) is 0 Å². The summed E-state index contributed by atoms with van der Waals surface area (Å²) in [6.45, 7) is 5.00. The van der Waals surface area contributed by atoms with Crippen LogP contribution in [-0.4, -0.2) is 27.1 Å². The molecule has 0 aliphatic carbocycles. The lowest BCUT2D eigenvalue weighted by Crippen LogP contribution is -2.32. The molecule has 1 heterocycles. The zero-order valence-corrected chi connectivity index (χ0v) is 12.2. The van der Waals surface area contributed by atoms with Gasteiger partial charge in [-0.25, -0.2) is 0 Å². The lowest BCUT2D eigenvalue weighted by atomic mass is 9.99. The van der Waals surface area contributed by atoms with Crippen LogP contribution in [0.15, 0.2) is 12.4 Å². The van der Waals surface area contributed by atoms with Gasteiger partial charge in [0.1, 0.15) is 0 Å². The van der Waals surface area contributed by atoms with Crippen LogP contribution in [0.2, 0.25) is 0 Å². The molecule has 1 aromatic heterocycles. The number of halogens is 1. The molecule has 0 aromatic carbocycles. The summed E-state index contributed by atoms with van der Waals surface area (Å²) in [6.07, 6.45) is 5.54. The van der Waals surface area contributed by atoms with E-state index in [1.807, 2.05) is 0 Å². The Bertz CT molecular complexity index is 360. The maximum atomic E-state index is 11.8. The molecule has 0 radical (unpaired) electrons. The molecule has 0 spiro atoms. The average Bonchev–Trinajstić information content (AvgIpc) is 2.74. The number of carbonyl (C=O) groups excluding carboxylic acids is 1. The second-order valence-electron chi connectivity index (χ2n) is 4.21. The summed E-state index contributed by atoms with van der Waals surface area (Å²) in [4.78, 5) is 12.1. The minimum Gasteiger partial charge on any atom is -0.351 e. The molecule has 0 bridgehead atoms. The van der Waals surface area contributed by atoms with Gasteiger partial charge in [0.2, 0.25) is 0 Å². The van der Waals surface area contributed by atoms with E-state index in [0.29, 0.717) is 22.9 Å². The molecule has 17 heavy (non-hydrogen) atoms. The van der Waals surface area contributed by atoms with Crippen molar-refractivity contribution in [2.75, 3.05) is 6.54 Å². The summed E-state index contributed by atoms with van der Waals surface area (Å²) in [7, 11) is 1.80. The molecule has 0 saturated carbocycles. The highest BCUT2D eigenvalue weighted by Gasteiger charge is 2.16. The molecule has 1 N–H and O–H groups in total. The van der Waals surface area contributed by atoms with Gasteiger partial charge < -0.3 is 5.32 Å². The number of nitrogens with one attached hydrogen (secondary N) is 1. The van der Waals surface area contributed by atoms with Crippen LogP contribution >= 0.6 is 15.9 Å². The fourth-order valence-electron chi connectivity index (χ4n) is 1.80. The number of alkyl halides is 1. The quantitative estimate of drug-likeness (QED) is 0.820. The SMILES string of the molecule is CCC(CC)C(Br)CNC(=O)c1cnn(C)c1. The zero-order valence-electron chi connectivity index (χ0n) is 10.6. The van der Waals surface area contributed by atoms with E-state index >= 15 is 0 Å². The first-order chi connectivity index (χ1) is 8.08. The Morgan fingerprint density at radius 3 is 2.65 bits per heavy atom. The van der Waals surface area contributed by atoms with Crippen molar-refractivity contribution in [1.82, 2.24) is 15.1 Å². The van der Waals surface area contributed by atoms with Crippen LogP contribution in [0.3, 0.4) is 0 Å². The number of aromatic nitrogens is 2. The number of aryl methyl sites for hydroxylation is 1. The Kier molecular flexibility index (Phi) is 5.68. The number of hydrogen-bond donors (Lipinski definition) is 1. The first-order valence-corrected chi connectivity index (χ1v) is 6.90. The first-order valence-electron chi connectivity index (χ1n) is 5.99. The number of amides is 1. The molecule has 1 amide bonds. The highest BCUT2D eigenvalue weighted by atomic mass is 79.9. The Labute approximate surface area is 111 Å². The molecule has 1 aromatic rings. The van der Waals surface area contributed by atoms with Crippen molar-refractivity contribution in [3.05, 3.63) is 18.0 Å². The monoisotopic (exact) mass is 301 g/mol. The Morgan fingerprint density at radius 2 is 2.18 bits per heavy atom. The highest BCUT2D eigenvalue weighted by molar-refractivity contribution is 9.09. The molecule has 0 aliphatic heterocycles. The van der Waals surface area contributed by atoms with Gasteiger partial charge in [-0.15, -0.1) is 0 Å². The van der Waals surface area contributed by atoms with Crippen LogP contribution in [0.1, 0.15) is 37.0 Å². The van der Waals surface area contributed by atoms with Crippen molar-refractivity contribution in [1.29, 1.82) is 0 Å². The van der Waals surface area contributed by atoms with E-state index in [1.54, 1.807) is 24.1 Å². The Morgan fingerprint density at radius 1 is 1.53 bits per heavy atom. The smallest absolute Gasteiger partial charge is 0.254 e. The summed E-state index contributed by atoms with van der Waals surface area (Å²) in [6, 6.07) is 0. The van der Waals surface area contributed by atoms with Crippen LogP contribution in [0.25, 0.3) is 0 Å². The normalized spacial score (nSPS) is 12.8. The molecule has 0 fully saturated rings. The third kappa shape index (κ3) is 4.15. The van der Waals surface area contributed by atoms with Gasteiger partial charge in [0, 0.05) is 24.6 Å². The van der Waals surface area contributed by atoms with Crippen molar-refractivity contribution < 1.29 is 4.79 Å². The predicted octanol–water partition coefficient (Wildman–Crippen LogP) is 2.35. The fraction of sp³-hybridized carbons (Fsp3) is 0.667. The summed E-state index contributed by atoms with van der Waals surface area (Å²) in [5, 5.41) is 6.90. The number of carbonyl (C=O) groups is 1. The largest absolute Gasteiger partial charge is 0.351 e. The first kappa shape index (κ1) is 14.2. The van der Waals surface area contributed by atoms with Crippen LogP contribution < -0.4 is 5.32 Å². The fourth-order valence-corrected chi connectivity index (χ4v) is 2.71. The van der Waals surface area contributed by atoms with E-state index in [2.05, 4.69) is 40.2 Å². The molecule has 0 aliphatic rings. The zero-order chi connectivity index (χ0) is 12.8.